The van der Waals surface area contributed by atoms with Crippen molar-refractivity contribution in [1.29, 1.82) is 10.5 Å². The molecular weight excluding hydrogens is 436 g/mol. The fraction of sp³-hybridized carbons (Fsp3) is 0.0588. The van der Waals surface area contributed by atoms with Gasteiger partial charge in [0.25, 0.3) is 0 Å². The van der Waals surface area contributed by atoms with Gasteiger partial charge in [-0.15, -0.1) is 0 Å². The number of benzene rings is 6. The predicted molar refractivity (Wildman–Crippen MR) is 149 cm³/mol. The van der Waals surface area contributed by atoms with Crippen LogP contribution in [0.2, 0.25) is 0 Å². The molecule has 0 amide bonds. The lowest BCUT2D eigenvalue weighted by molar-refractivity contribution is 1.15. The van der Waals surface area contributed by atoms with E-state index in [1.807, 2.05) is 36.4 Å². The minimum atomic E-state index is 0.678. The highest BCUT2D eigenvalue weighted by molar-refractivity contribution is 6.08. The molecule has 6 rings (SSSR count). The topological polar surface area (TPSA) is 47.6 Å². The predicted octanol–water partition coefficient (Wildman–Crippen LogP) is 8.79. The molecule has 2 nitrogen and oxygen atoms in total. The normalized spacial score (nSPS) is 11.0. The lowest BCUT2D eigenvalue weighted by atomic mass is 9.86. The summed E-state index contributed by atoms with van der Waals surface area (Å²) in [7, 11) is 0. The largest absolute Gasteiger partial charge is 0.192 e. The zero-order valence-corrected chi connectivity index (χ0v) is 19.9. The van der Waals surface area contributed by atoms with Gasteiger partial charge in [-0.05, 0) is 109 Å². The molecule has 0 fully saturated rings. The van der Waals surface area contributed by atoms with Gasteiger partial charge in [0.15, 0.2) is 0 Å². The van der Waals surface area contributed by atoms with Crippen molar-refractivity contribution in [3.05, 3.63) is 120 Å². The molecule has 0 aromatic heterocycles. The van der Waals surface area contributed by atoms with Crippen LogP contribution in [0.1, 0.15) is 23.6 Å². The Morgan fingerprint density at radius 2 is 1.08 bits per heavy atom. The van der Waals surface area contributed by atoms with Crippen LogP contribution in [-0.2, 0) is 6.42 Å². The summed E-state index contributed by atoms with van der Waals surface area (Å²) < 4.78 is 0. The summed E-state index contributed by atoms with van der Waals surface area (Å²) >= 11 is 0. The third-order valence-electron chi connectivity index (χ3n) is 7.05. The van der Waals surface area contributed by atoms with Crippen molar-refractivity contribution in [3.63, 3.8) is 0 Å². The standard InChI is InChI=1S/C34H22N2/c1-2-24-19-33(29-13-11-25-15-22(20-35)7-9-27(25)17-29)31-5-3-4-6-32(31)34(24)30-14-12-26-16-23(21-36)8-10-28(26)18-30/h3-19H,2H2,1H3. The molecule has 0 aliphatic heterocycles. The zero-order valence-electron chi connectivity index (χ0n) is 19.9. The molecule has 0 N–H and O–H groups in total. The molecular formula is C34H22N2. The highest BCUT2D eigenvalue weighted by atomic mass is 14.2. The van der Waals surface area contributed by atoms with Crippen molar-refractivity contribution in [2.75, 3.05) is 0 Å². The third-order valence-corrected chi connectivity index (χ3v) is 7.05. The lowest BCUT2D eigenvalue weighted by Crippen LogP contribution is -1.94. The van der Waals surface area contributed by atoms with E-state index in [9.17, 15) is 10.5 Å². The van der Waals surface area contributed by atoms with E-state index in [0.29, 0.717) is 11.1 Å². The number of nitrogens with zero attached hydrogens (tertiary/aromatic N) is 2. The molecule has 0 saturated heterocycles. The van der Waals surface area contributed by atoms with E-state index in [2.05, 4.69) is 85.8 Å². The van der Waals surface area contributed by atoms with Crippen molar-refractivity contribution >= 4 is 32.3 Å². The number of nitriles is 2. The van der Waals surface area contributed by atoms with E-state index in [1.165, 1.54) is 38.6 Å². The van der Waals surface area contributed by atoms with E-state index < -0.39 is 0 Å². The monoisotopic (exact) mass is 458 g/mol. The van der Waals surface area contributed by atoms with E-state index in [4.69, 9.17) is 0 Å². The van der Waals surface area contributed by atoms with Crippen LogP contribution >= 0.6 is 0 Å². The van der Waals surface area contributed by atoms with Gasteiger partial charge in [-0.25, -0.2) is 0 Å². The Morgan fingerprint density at radius 1 is 0.556 bits per heavy atom. The van der Waals surface area contributed by atoms with E-state index in [1.54, 1.807) is 0 Å². The first-order chi connectivity index (χ1) is 17.7. The summed E-state index contributed by atoms with van der Waals surface area (Å²) in [5.74, 6) is 0. The molecule has 36 heavy (non-hydrogen) atoms. The van der Waals surface area contributed by atoms with Gasteiger partial charge in [-0.2, -0.15) is 10.5 Å². The first kappa shape index (κ1) is 21.6. The van der Waals surface area contributed by atoms with Crippen molar-refractivity contribution in [3.8, 4) is 34.4 Å². The second-order valence-electron chi connectivity index (χ2n) is 9.13. The van der Waals surface area contributed by atoms with Gasteiger partial charge in [-0.3, -0.25) is 0 Å². The van der Waals surface area contributed by atoms with Crippen molar-refractivity contribution in [2.24, 2.45) is 0 Å². The molecule has 0 radical (unpaired) electrons. The highest BCUT2D eigenvalue weighted by Crippen LogP contribution is 2.40. The minimum Gasteiger partial charge on any atom is -0.192 e. The third kappa shape index (κ3) is 3.58. The lowest BCUT2D eigenvalue weighted by Gasteiger charge is -2.18. The molecule has 6 aromatic carbocycles. The van der Waals surface area contributed by atoms with Crippen molar-refractivity contribution < 1.29 is 0 Å². The number of fused-ring (bicyclic) bond motifs is 3. The van der Waals surface area contributed by atoms with Crippen LogP contribution in [0.25, 0.3) is 54.6 Å². The number of hydrogen-bond donors (Lipinski definition) is 0. The van der Waals surface area contributed by atoms with Crippen molar-refractivity contribution in [2.45, 2.75) is 13.3 Å². The maximum Gasteiger partial charge on any atom is 0.0991 e. The Bertz CT molecular complexity index is 1900. The van der Waals surface area contributed by atoms with Crippen LogP contribution < -0.4 is 0 Å². The Balaban J connectivity index is 1.58. The van der Waals surface area contributed by atoms with Gasteiger partial charge in [-0.1, -0.05) is 67.6 Å². The van der Waals surface area contributed by atoms with Gasteiger partial charge in [0, 0.05) is 0 Å². The summed E-state index contributed by atoms with van der Waals surface area (Å²) in [4.78, 5) is 0. The van der Waals surface area contributed by atoms with Gasteiger partial charge >= 0.3 is 0 Å². The molecule has 0 unspecified atom stereocenters. The van der Waals surface area contributed by atoms with Crippen LogP contribution in [0.3, 0.4) is 0 Å². The van der Waals surface area contributed by atoms with Crippen LogP contribution in [0.15, 0.2) is 103 Å². The fourth-order valence-electron chi connectivity index (χ4n) is 5.25. The Hall–Kier alpha value is -4.92. The van der Waals surface area contributed by atoms with Crippen LogP contribution in [0.4, 0.5) is 0 Å². The summed E-state index contributed by atoms with van der Waals surface area (Å²) in [6, 6.07) is 40.2. The first-order valence-electron chi connectivity index (χ1n) is 12.1. The highest BCUT2D eigenvalue weighted by Gasteiger charge is 2.15. The summed E-state index contributed by atoms with van der Waals surface area (Å²) in [6.07, 6.45) is 0.914. The first-order valence-corrected chi connectivity index (χ1v) is 12.1. The number of aryl methyl sites for hydroxylation is 1. The molecule has 0 saturated carbocycles. The average molecular weight is 459 g/mol. The molecule has 0 atom stereocenters. The quantitative estimate of drug-likeness (QED) is 0.266. The maximum absolute atomic E-state index is 9.26. The number of rotatable bonds is 3. The van der Waals surface area contributed by atoms with E-state index in [-0.39, 0.29) is 0 Å². The molecule has 0 bridgehead atoms. The van der Waals surface area contributed by atoms with Crippen LogP contribution in [0.5, 0.6) is 0 Å². The van der Waals surface area contributed by atoms with Gasteiger partial charge in [0.2, 0.25) is 0 Å². The van der Waals surface area contributed by atoms with Gasteiger partial charge in [0.1, 0.15) is 0 Å². The molecule has 6 aromatic rings. The second-order valence-corrected chi connectivity index (χ2v) is 9.13. The maximum atomic E-state index is 9.26. The average Bonchev–Trinajstić information content (AvgIpc) is 2.95. The summed E-state index contributed by atoms with van der Waals surface area (Å²) in [6.45, 7) is 2.21. The second kappa shape index (κ2) is 8.70. The molecule has 0 spiro atoms. The summed E-state index contributed by atoms with van der Waals surface area (Å²) in [5.41, 5.74) is 7.51. The Morgan fingerprint density at radius 3 is 1.69 bits per heavy atom. The zero-order chi connectivity index (χ0) is 24.6. The smallest absolute Gasteiger partial charge is 0.0991 e. The van der Waals surface area contributed by atoms with Crippen molar-refractivity contribution in [1.82, 2.24) is 0 Å². The van der Waals surface area contributed by atoms with E-state index >= 15 is 0 Å². The summed E-state index contributed by atoms with van der Waals surface area (Å²) in [5, 5.41) is 25.4. The Kier molecular flexibility index (Phi) is 5.22. The van der Waals surface area contributed by atoms with E-state index in [0.717, 1.165) is 28.0 Å². The van der Waals surface area contributed by atoms with Crippen LogP contribution in [-0.4, -0.2) is 0 Å². The Labute approximate surface area is 210 Å². The molecule has 0 heterocycles. The fourth-order valence-corrected chi connectivity index (χ4v) is 5.25. The SMILES string of the molecule is CCc1cc(-c2ccc3cc(C#N)ccc3c2)c2ccccc2c1-c1ccc2cc(C#N)ccc2c1. The van der Waals surface area contributed by atoms with Gasteiger partial charge in [0.05, 0.1) is 23.3 Å². The number of hydrogen-bond acceptors (Lipinski definition) is 2. The van der Waals surface area contributed by atoms with Gasteiger partial charge < -0.3 is 0 Å². The molecule has 0 aliphatic carbocycles. The molecule has 2 heteroatoms. The van der Waals surface area contributed by atoms with Crippen LogP contribution in [0, 0.1) is 22.7 Å². The minimum absolute atomic E-state index is 0.678. The molecule has 168 valence electrons. The molecule has 0 aliphatic rings.